The number of fused-ring (bicyclic) bond motifs is 7. The number of hydrogen-bond acceptors (Lipinski definition) is 10. The number of rotatable bonds is 7. The maximum absolute atomic E-state index is 14.6. The molecule has 11 nitrogen and oxygen atoms in total. The zero-order valence-corrected chi connectivity index (χ0v) is 27.5. The maximum Gasteiger partial charge on any atom is 0.254 e. The van der Waals surface area contributed by atoms with E-state index in [1.807, 2.05) is 18.9 Å². The number of benzene rings is 3. The number of hydrogen-bond donors (Lipinski definition) is 3. The average molecular weight is 647 g/mol. The van der Waals surface area contributed by atoms with Crippen LogP contribution in [0.3, 0.4) is 0 Å². The van der Waals surface area contributed by atoms with Gasteiger partial charge in [-0.25, -0.2) is 4.39 Å². The predicted molar refractivity (Wildman–Crippen MR) is 170 cm³/mol. The molecule has 2 bridgehead atoms. The third-order valence-electron chi connectivity index (χ3n) is 10.2. The normalized spacial score (nSPS) is 23.1. The fraction of sp³-hybridized carbons (Fsp3) is 0.429. The van der Waals surface area contributed by atoms with Crippen molar-refractivity contribution in [2.75, 3.05) is 42.0 Å². The third kappa shape index (κ3) is 4.63. The van der Waals surface area contributed by atoms with Gasteiger partial charge in [-0.1, -0.05) is 12.1 Å². The van der Waals surface area contributed by atoms with Crippen molar-refractivity contribution in [1.29, 1.82) is 5.26 Å². The van der Waals surface area contributed by atoms with Crippen molar-refractivity contribution in [2.24, 2.45) is 0 Å². The summed E-state index contributed by atoms with van der Waals surface area (Å²) in [5.74, 6) is 0.231. The molecular formula is C35H39FN4O7. The Kier molecular flexibility index (Phi) is 8.32. The van der Waals surface area contributed by atoms with Gasteiger partial charge >= 0.3 is 0 Å². The lowest BCUT2D eigenvalue weighted by molar-refractivity contribution is -0.0724. The Bertz CT molecular complexity index is 1810. The molecule has 47 heavy (non-hydrogen) atoms. The lowest BCUT2D eigenvalue weighted by Crippen LogP contribution is -2.68. The van der Waals surface area contributed by atoms with Gasteiger partial charge in [0, 0.05) is 52.0 Å². The first-order chi connectivity index (χ1) is 22.6. The van der Waals surface area contributed by atoms with Crippen molar-refractivity contribution >= 4 is 5.91 Å². The molecule has 1 saturated heterocycles. The molecular weight excluding hydrogens is 607 g/mol. The molecule has 3 aromatic carbocycles. The van der Waals surface area contributed by atoms with Gasteiger partial charge in [0.05, 0.1) is 52.2 Å². The molecule has 1 fully saturated rings. The number of aromatic hydroxyl groups is 2. The molecule has 3 N–H and O–H groups in total. The summed E-state index contributed by atoms with van der Waals surface area (Å²) in [6.45, 7) is 3.55. The van der Waals surface area contributed by atoms with Gasteiger partial charge < -0.3 is 34.5 Å². The van der Waals surface area contributed by atoms with E-state index in [0.29, 0.717) is 57.9 Å². The standard InChI is InChI=1S/C35H39FN4O7/c1-16-31(44-4)19-13-23-28-27-20(32(45-5)17(2)34(47-7)30(27)42)12-22(39(28)3)24(14-37)40(23)25(26(19)29(41)33(16)46-6)15-38-35(43)18-10-8-9-11-21(18)36/h8-11,22-25,28,41-42H,12-13,15H2,1-7H3,(H,38,43)/t22-,23+,24+,25+,28-/m1/s1. The number of phenolic OH excluding ortho intramolecular Hbond substituents is 2. The van der Waals surface area contributed by atoms with Crippen molar-refractivity contribution in [3.8, 4) is 40.6 Å². The van der Waals surface area contributed by atoms with E-state index in [4.69, 9.17) is 18.9 Å². The van der Waals surface area contributed by atoms with E-state index in [2.05, 4.69) is 16.3 Å². The molecule has 12 heteroatoms. The molecule has 6 rings (SSSR count). The smallest absolute Gasteiger partial charge is 0.254 e. The minimum atomic E-state index is -0.760. The number of phenols is 2. The van der Waals surface area contributed by atoms with E-state index in [-0.39, 0.29) is 35.4 Å². The molecule has 3 aromatic rings. The number of piperazine rings is 1. The number of nitrogens with one attached hydrogen (secondary N) is 1. The second kappa shape index (κ2) is 12.1. The molecule has 3 aliphatic rings. The highest BCUT2D eigenvalue weighted by molar-refractivity contribution is 5.94. The Balaban J connectivity index is 1.59. The Labute approximate surface area is 273 Å². The number of methoxy groups -OCH3 is 4. The number of nitriles is 1. The van der Waals surface area contributed by atoms with E-state index in [9.17, 15) is 24.7 Å². The topological polar surface area (TPSA) is 137 Å². The Morgan fingerprint density at radius 3 is 2.00 bits per heavy atom. The van der Waals surface area contributed by atoms with Gasteiger partial charge in [0.1, 0.15) is 23.4 Å². The molecule has 0 radical (unpaired) electrons. The second-order valence-corrected chi connectivity index (χ2v) is 12.2. The Hall–Kier alpha value is -4.73. The summed E-state index contributed by atoms with van der Waals surface area (Å²) in [6.07, 6.45) is 0.713. The molecule has 5 atom stereocenters. The number of nitrogens with zero attached hydrogens (tertiary/aromatic N) is 3. The highest BCUT2D eigenvalue weighted by atomic mass is 19.1. The van der Waals surface area contributed by atoms with Gasteiger partial charge in [0.25, 0.3) is 5.91 Å². The fourth-order valence-electron chi connectivity index (χ4n) is 8.34. The van der Waals surface area contributed by atoms with Crippen LogP contribution in [-0.4, -0.2) is 86.1 Å². The predicted octanol–water partition coefficient (Wildman–Crippen LogP) is 4.09. The van der Waals surface area contributed by atoms with Gasteiger partial charge in [-0.05, 0) is 45.9 Å². The van der Waals surface area contributed by atoms with Crippen molar-refractivity contribution in [2.45, 2.75) is 56.9 Å². The van der Waals surface area contributed by atoms with Crippen LogP contribution in [0.5, 0.6) is 34.5 Å². The van der Waals surface area contributed by atoms with E-state index < -0.39 is 35.9 Å². The number of carbonyl (C=O) groups is 1. The summed E-state index contributed by atoms with van der Waals surface area (Å²) in [7, 11) is 8.01. The molecule has 0 aromatic heterocycles. The minimum Gasteiger partial charge on any atom is -0.504 e. The van der Waals surface area contributed by atoms with Crippen LogP contribution in [0.15, 0.2) is 24.3 Å². The summed E-state index contributed by atoms with van der Waals surface area (Å²) in [5, 5.41) is 37.2. The zero-order valence-electron chi connectivity index (χ0n) is 27.5. The largest absolute Gasteiger partial charge is 0.504 e. The number of halogens is 1. The molecule has 0 unspecified atom stereocenters. The molecule has 1 amide bonds. The quantitative estimate of drug-likeness (QED) is 0.344. The summed E-state index contributed by atoms with van der Waals surface area (Å²) in [4.78, 5) is 17.5. The van der Waals surface area contributed by atoms with Crippen LogP contribution in [-0.2, 0) is 12.8 Å². The summed E-state index contributed by atoms with van der Waals surface area (Å²) in [5.41, 5.74) is 3.74. The van der Waals surface area contributed by atoms with Gasteiger partial charge in [0.2, 0.25) is 0 Å². The first-order valence-electron chi connectivity index (χ1n) is 15.4. The second-order valence-electron chi connectivity index (χ2n) is 12.2. The van der Waals surface area contributed by atoms with E-state index in [1.165, 1.54) is 32.4 Å². The molecule has 248 valence electrons. The lowest BCUT2D eigenvalue weighted by atomic mass is 9.71. The molecule has 0 saturated carbocycles. The number of likely N-dealkylation sites (N-methyl/N-ethyl adjacent to an activating group) is 1. The number of carbonyl (C=O) groups excluding carboxylic acids is 1. The fourth-order valence-corrected chi connectivity index (χ4v) is 8.34. The minimum absolute atomic E-state index is 0.00221. The van der Waals surface area contributed by atoms with Crippen LogP contribution in [0, 0.1) is 31.0 Å². The average Bonchev–Trinajstić information content (AvgIpc) is 3.05. The van der Waals surface area contributed by atoms with Gasteiger partial charge in [-0.2, -0.15) is 5.26 Å². The number of amides is 1. The van der Waals surface area contributed by atoms with Gasteiger partial charge in [0.15, 0.2) is 23.0 Å². The van der Waals surface area contributed by atoms with E-state index >= 15 is 0 Å². The van der Waals surface area contributed by atoms with Crippen LogP contribution in [0.25, 0.3) is 0 Å². The van der Waals surface area contributed by atoms with Crippen molar-refractivity contribution in [3.63, 3.8) is 0 Å². The first-order valence-corrected chi connectivity index (χ1v) is 15.4. The summed E-state index contributed by atoms with van der Waals surface area (Å²) < 4.78 is 37.7. The zero-order chi connectivity index (χ0) is 33.9. The Morgan fingerprint density at radius 1 is 0.915 bits per heavy atom. The molecule has 3 aliphatic heterocycles. The highest BCUT2D eigenvalue weighted by Gasteiger charge is 2.57. The number of ether oxygens (including phenoxy) is 4. The monoisotopic (exact) mass is 646 g/mol. The molecule has 3 heterocycles. The lowest BCUT2D eigenvalue weighted by Gasteiger charge is -2.60. The Morgan fingerprint density at radius 2 is 1.45 bits per heavy atom. The third-order valence-corrected chi connectivity index (χ3v) is 10.2. The van der Waals surface area contributed by atoms with E-state index in [0.717, 1.165) is 5.56 Å². The van der Waals surface area contributed by atoms with Gasteiger partial charge in [-0.3, -0.25) is 14.6 Å². The highest BCUT2D eigenvalue weighted by Crippen LogP contribution is 2.58. The van der Waals surface area contributed by atoms with Gasteiger partial charge in [-0.15, -0.1) is 0 Å². The molecule has 0 aliphatic carbocycles. The van der Waals surface area contributed by atoms with Crippen LogP contribution >= 0.6 is 0 Å². The first kappa shape index (κ1) is 32.2. The van der Waals surface area contributed by atoms with Crippen LogP contribution in [0.4, 0.5) is 4.39 Å². The van der Waals surface area contributed by atoms with Crippen LogP contribution < -0.4 is 24.3 Å². The summed E-state index contributed by atoms with van der Waals surface area (Å²) in [6, 6.07) is 5.49. The molecule has 0 spiro atoms. The van der Waals surface area contributed by atoms with Crippen molar-refractivity contribution in [3.05, 3.63) is 69.0 Å². The van der Waals surface area contributed by atoms with Crippen molar-refractivity contribution in [1.82, 2.24) is 15.1 Å². The van der Waals surface area contributed by atoms with Crippen molar-refractivity contribution < 1.29 is 38.3 Å². The summed E-state index contributed by atoms with van der Waals surface area (Å²) >= 11 is 0. The SMILES string of the molecule is COc1c(C)c(OC)c2c(c1O)[C@H]1[C@@H]3Cc4c(OC)c(C)c(OC)c(O)c4[C@H](CNC(=O)c4ccccc4F)N3[C@@H](C#N)[C@@H](C2)N1C. The van der Waals surface area contributed by atoms with Crippen LogP contribution in [0.2, 0.25) is 0 Å². The van der Waals surface area contributed by atoms with Crippen LogP contribution in [0.1, 0.15) is 55.8 Å². The maximum atomic E-state index is 14.6. The van der Waals surface area contributed by atoms with E-state index in [1.54, 1.807) is 27.2 Å².